The number of benzene rings is 1. The van der Waals surface area contributed by atoms with E-state index in [0.717, 1.165) is 0 Å². The van der Waals surface area contributed by atoms with Crippen molar-refractivity contribution < 1.29 is 18.7 Å². The smallest absolute Gasteiger partial charge is 0.341 e. The van der Waals surface area contributed by atoms with E-state index in [1.54, 1.807) is 0 Å². The Morgan fingerprint density at radius 1 is 1.23 bits per heavy atom. The van der Waals surface area contributed by atoms with Crippen LogP contribution in [0.5, 0.6) is 0 Å². The second kappa shape index (κ2) is 3.12. The van der Waals surface area contributed by atoms with Crippen LogP contribution in [-0.4, -0.2) is 11.1 Å². The Kier molecular flexibility index (Phi) is 2.32. The highest BCUT2D eigenvalue weighted by molar-refractivity contribution is 5.88. The van der Waals surface area contributed by atoms with Gasteiger partial charge in [-0.05, 0) is 25.0 Å². The summed E-state index contributed by atoms with van der Waals surface area (Å²) in [6, 6.07) is 1.27. The van der Waals surface area contributed by atoms with Crippen LogP contribution in [0.3, 0.4) is 0 Å². The van der Waals surface area contributed by atoms with Crippen molar-refractivity contribution in [3.05, 3.63) is 34.4 Å². The molecule has 2 nitrogen and oxygen atoms in total. The second-order valence-electron chi connectivity index (χ2n) is 2.82. The maximum absolute atomic E-state index is 13.1. The lowest BCUT2D eigenvalue weighted by molar-refractivity contribution is 0.0686. The molecule has 0 fully saturated rings. The molecule has 1 aromatic carbocycles. The number of aryl methyl sites for hydroxylation is 2. The molecule has 1 N–H and O–H groups in total. The number of hydrogen-bond acceptors (Lipinski definition) is 1. The summed E-state index contributed by atoms with van der Waals surface area (Å²) in [7, 11) is 0. The summed E-state index contributed by atoms with van der Waals surface area (Å²) < 4.78 is 26.1. The zero-order valence-corrected chi connectivity index (χ0v) is 7.19. The van der Waals surface area contributed by atoms with E-state index in [1.165, 1.54) is 19.9 Å². The molecule has 0 spiro atoms. The normalized spacial score (nSPS) is 10.2. The topological polar surface area (TPSA) is 37.3 Å². The van der Waals surface area contributed by atoms with E-state index in [0.29, 0.717) is 0 Å². The third kappa shape index (κ3) is 1.52. The lowest BCUT2D eigenvalue weighted by Gasteiger charge is -2.05. The molecular formula is C9H8F2O2. The fourth-order valence-electron chi connectivity index (χ4n) is 1.13. The SMILES string of the molecule is Cc1cc(C)c(F)c(C(=O)O)c1F. The number of halogens is 2. The zero-order valence-electron chi connectivity index (χ0n) is 7.19. The monoisotopic (exact) mass is 186 g/mol. The van der Waals surface area contributed by atoms with E-state index in [1.807, 2.05) is 0 Å². The van der Waals surface area contributed by atoms with Gasteiger partial charge in [-0.15, -0.1) is 0 Å². The van der Waals surface area contributed by atoms with Gasteiger partial charge in [0.25, 0.3) is 0 Å². The standard InChI is InChI=1S/C9H8F2O2/c1-4-3-5(2)8(11)6(7(4)10)9(12)13/h3H,1-2H3,(H,12,13). The van der Waals surface area contributed by atoms with Gasteiger partial charge in [0.2, 0.25) is 0 Å². The molecule has 0 aromatic heterocycles. The number of hydrogen-bond donors (Lipinski definition) is 1. The summed E-state index contributed by atoms with van der Waals surface area (Å²) in [4.78, 5) is 10.5. The van der Waals surface area contributed by atoms with E-state index in [4.69, 9.17) is 5.11 Å². The molecule has 0 bridgehead atoms. The third-order valence-electron chi connectivity index (χ3n) is 1.78. The van der Waals surface area contributed by atoms with Crippen LogP contribution >= 0.6 is 0 Å². The molecule has 0 aliphatic carbocycles. The molecule has 1 aromatic rings. The summed E-state index contributed by atoms with van der Waals surface area (Å²) in [6.07, 6.45) is 0. The van der Waals surface area contributed by atoms with Gasteiger partial charge in [-0.25, -0.2) is 13.6 Å². The lowest BCUT2D eigenvalue weighted by Crippen LogP contribution is -2.07. The number of carboxylic acid groups (broad SMARTS) is 1. The molecule has 0 amide bonds. The first-order chi connectivity index (χ1) is 5.95. The van der Waals surface area contributed by atoms with Crippen molar-refractivity contribution in [1.82, 2.24) is 0 Å². The Morgan fingerprint density at radius 3 is 1.92 bits per heavy atom. The maximum atomic E-state index is 13.1. The van der Waals surface area contributed by atoms with Gasteiger partial charge in [-0.3, -0.25) is 0 Å². The van der Waals surface area contributed by atoms with E-state index in [-0.39, 0.29) is 11.1 Å². The van der Waals surface area contributed by atoms with Crippen molar-refractivity contribution in [2.75, 3.05) is 0 Å². The van der Waals surface area contributed by atoms with E-state index < -0.39 is 23.2 Å². The van der Waals surface area contributed by atoms with Gasteiger partial charge < -0.3 is 5.11 Å². The predicted molar refractivity (Wildman–Crippen MR) is 42.8 cm³/mol. The fourth-order valence-corrected chi connectivity index (χ4v) is 1.13. The Balaban J connectivity index is 3.56. The molecule has 0 aliphatic heterocycles. The first-order valence-electron chi connectivity index (χ1n) is 3.63. The van der Waals surface area contributed by atoms with Crippen molar-refractivity contribution >= 4 is 5.97 Å². The van der Waals surface area contributed by atoms with E-state index >= 15 is 0 Å². The summed E-state index contributed by atoms with van der Waals surface area (Å²) >= 11 is 0. The summed E-state index contributed by atoms with van der Waals surface area (Å²) in [5, 5.41) is 8.52. The second-order valence-corrected chi connectivity index (χ2v) is 2.82. The van der Waals surface area contributed by atoms with Crippen molar-refractivity contribution in [2.45, 2.75) is 13.8 Å². The van der Waals surface area contributed by atoms with Crippen LogP contribution in [0.15, 0.2) is 6.07 Å². The highest BCUT2D eigenvalue weighted by Crippen LogP contribution is 2.19. The van der Waals surface area contributed by atoms with Crippen LogP contribution in [0.2, 0.25) is 0 Å². The molecule has 0 heterocycles. The number of rotatable bonds is 1. The predicted octanol–water partition coefficient (Wildman–Crippen LogP) is 2.28. The van der Waals surface area contributed by atoms with Gasteiger partial charge in [-0.2, -0.15) is 0 Å². The van der Waals surface area contributed by atoms with Crippen LogP contribution in [0, 0.1) is 25.5 Å². The summed E-state index contributed by atoms with van der Waals surface area (Å²) in [5.41, 5.74) is -0.606. The molecule has 70 valence electrons. The average molecular weight is 186 g/mol. The molecular weight excluding hydrogens is 178 g/mol. The summed E-state index contributed by atoms with van der Waals surface area (Å²) in [6.45, 7) is 2.79. The van der Waals surface area contributed by atoms with Crippen LogP contribution in [0.4, 0.5) is 8.78 Å². The largest absolute Gasteiger partial charge is 0.477 e. The molecule has 1 rings (SSSR count). The van der Waals surface area contributed by atoms with Gasteiger partial charge >= 0.3 is 5.97 Å². The summed E-state index contributed by atoms with van der Waals surface area (Å²) in [5.74, 6) is -3.59. The average Bonchev–Trinajstić information content (AvgIpc) is 2.01. The van der Waals surface area contributed by atoms with Crippen LogP contribution in [-0.2, 0) is 0 Å². The molecule has 13 heavy (non-hydrogen) atoms. The van der Waals surface area contributed by atoms with Gasteiger partial charge in [0, 0.05) is 0 Å². The minimum atomic E-state index is -1.58. The maximum Gasteiger partial charge on any atom is 0.341 e. The molecule has 0 atom stereocenters. The highest BCUT2D eigenvalue weighted by Gasteiger charge is 2.20. The van der Waals surface area contributed by atoms with E-state index in [2.05, 4.69) is 0 Å². The molecule has 0 radical (unpaired) electrons. The Hall–Kier alpha value is -1.45. The van der Waals surface area contributed by atoms with Gasteiger partial charge in [0.05, 0.1) is 0 Å². The zero-order chi connectivity index (χ0) is 10.2. The molecule has 0 unspecified atom stereocenters. The Labute approximate surface area is 73.8 Å². The fraction of sp³-hybridized carbons (Fsp3) is 0.222. The van der Waals surface area contributed by atoms with Crippen LogP contribution < -0.4 is 0 Å². The lowest BCUT2D eigenvalue weighted by atomic mass is 10.1. The van der Waals surface area contributed by atoms with Crippen molar-refractivity contribution in [3.63, 3.8) is 0 Å². The Morgan fingerprint density at radius 2 is 1.62 bits per heavy atom. The highest BCUT2D eigenvalue weighted by atomic mass is 19.1. The third-order valence-corrected chi connectivity index (χ3v) is 1.78. The number of carbonyl (C=O) groups is 1. The van der Waals surface area contributed by atoms with Crippen molar-refractivity contribution in [1.29, 1.82) is 0 Å². The quantitative estimate of drug-likeness (QED) is 0.730. The molecule has 0 saturated heterocycles. The first kappa shape index (κ1) is 9.64. The Bertz CT molecular complexity index is 346. The molecule has 0 aliphatic rings. The van der Waals surface area contributed by atoms with Crippen LogP contribution in [0.25, 0.3) is 0 Å². The van der Waals surface area contributed by atoms with Gasteiger partial charge in [0.15, 0.2) is 0 Å². The van der Waals surface area contributed by atoms with Gasteiger partial charge in [-0.1, -0.05) is 6.07 Å². The van der Waals surface area contributed by atoms with E-state index in [9.17, 15) is 13.6 Å². The van der Waals surface area contributed by atoms with Gasteiger partial charge in [0.1, 0.15) is 17.2 Å². The molecule has 0 saturated carbocycles. The van der Waals surface area contributed by atoms with Crippen molar-refractivity contribution in [3.8, 4) is 0 Å². The number of aromatic carboxylic acids is 1. The molecule has 4 heteroatoms. The minimum Gasteiger partial charge on any atom is -0.477 e. The minimum absolute atomic E-state index is 0.135. The number of carboxylic acids is 1. The van der Waals surface area contributed by atoms with Crippen LogP contribution in [0.1, 0.15) is 21.5 Å². The van der Waals surface area contributed by atoms with Crippen molar-refractivity contribution in [2.24, 2.45) is 0 Å². The first-order valence-corrected chi connectivity index (χ1v) is 3.63.